The van der Waals surface area contributed by atoms with Crippen molar-refractivity contribution in [2.24, 2.45) is 0 Å². The highest BCUT2D eigenvalue weighted by atomic mass is 16.5. The van der Waals surface area contributed by atoms with E-state index >= 15 is 0 Å². The number of β-amino-alcohol motifs (C(OH)–C–C–N with tert-alkyl or cyclic N) is 1. The SMILES string of the molecule is COc1ccc(N2CCN(C[C@H](O)COc3cccc(C)c3C)CC2)cc1. The summed E-state index contributed by atoms with van der Waals surface area (Å²) in [4.78, 5) is 4.67. The Bertz CT molecular complexity index is 725. The molecule has 27 heavy (non-hydrogen) atoms. The van der Waals surface area contributed by atoms with E-state index in [1.807, 2.05) is 24.3 Å². The molecule has 2 aromatic rings. The van der Waals surface area contributed by atoms with Crippen LogP contribution in [-0.2, 0) is 0 Å². The molecule has 1 aliphatic rings. The average molecular weight is 370 g/mol. The van der Waals surface area contributed by atoms with Gasteiger partial charge in [0, 0.05) is 38.4 Å². The molecule has 0 bridgehead atoms. The monoisotopic (exact) mass is 370 g/mol. The Morgan fingerprint density at radius 1 is 1.00 bits per heavy atom. The predicted molar refractivity (Wildman–Crippen MR) is 109 cm³/mol. The molecule has 0 amide bonds. The molecule has 0 saturated carbocycles. The van der Waals surface area contributed by atoms with E-state index in [1.165, 1.54) is 11.3 Å². The first-order valence-electron chi connectivity index (χ1n) is 9.55. The summed E-state index contributed by atoms with van der Waals surface area (Å²) in [7, 11) is 1.68. The smallest absolute Gasteiger partial charge is 0.122 e. The Hall–Kier alpha value is -2.24. The van der Waals surface area contributed by atoms with Gasteiger partial charge in [0.1, 0.15) is 24.2 Å². The number of methoxy groups -OCH3 is 1. The highest BCUT2D eigenvalue weighted by molar-refractivity contribution is 5.49. The molecule has 1 saturated heterocycles. The van der Waals surface area contributed by atoms with Gasteiger partial charge >= 0.3 is 0 Å². The topological polar surface area (TPSA) is 45.2 Å². The molecule has 5 heteroatoms. The zero-order chi connectivity index (χ0) is 19.2. The van der Waals surface area contributed by atoms with Gasteiger partial charge in [0.15, 0.2) is 0 Å². The first-order chi connectivity index (χ1) is 13.1. The molecule has 0 spiro atoms. The molecular formula is C22H30N2O3. The van der Waals surface area contributed by atoms with Gasteiger partial charge in [-0.1, -0.05) is 12.1 Å². The third kappa shape index (κ3) is 5.15. The van der Waals surface area contributed by atoms with Crippen molar-refractivity contribution < 1.29 is 14.6 Å². The summed E-state index contributed by atoms with van der Waals surface area (Å²) in [5.74, 6) is 1.74. The van der Waals surface area contributed by atoms with Crippen LogP contribution in [0.25, 0.3) is 0 Å². The van der Waals surface area contributed by atoms with Gasteiger partial charge in [0.05, 0.1) is 7.11 Å². The normalized spacial score (nSPS) is 16.2. The minimum Gasteiger partial charge on any atom is -0.497 e. The van der Waals surface area contributed by atoms with E-state index in [1.54, 1.807) is 7.11 Å². The molecule has 1 atom stereocenters. The fraction of sp³-hybridized carbons (Fsp3) is 0.455. The van der Waals surface area contributed by atoms with Crippen LogP contribution < -0.4 is 14.4 Å². The molecule has 1 fully saturated rings. The van der Waals surface area contributed by atoms with Crippen molar-refractivity contribution in [1.29, 1.82) is 0 Å². The summed E-state index contributed by atoms with van der Waals surface area (Å²) in [6, 6.07) is 14.2. The summed E-state index contributed by atoms with van der Waals surface area (Å²) < 4.78 is 11.1. The van der Waals surface area contributed by atoms with Crippen molar-refractivity contribution in [1.82, 2.24) is 4.90 Å². The summed E-state index contributed by atoms with van der Waals surface area (Å²) in [5.41, 5.74) is 3.56. The maximum absolute atomic E-state index is 10.4. The molecule has 1 aliphatic heterocycles. The average Bonchev–Trinajstić information content (AvgIpc) is 2.70. The molecule has 1 N–H and O–H groups in total. The van der Waals surface area contributed by atoms with Crippen molar-refractivity contribution in [3.63, 3.8) is 0 Å². The number of nitrogens with zero attached hydrogens (tertiary/aromatic N) is 2. The summed E-state index contributed by atoms with van der Waals surface area (Å²) >= 11 is 0. The lowest BCUT2D eigenvalue weighted by Gasteiger charge is -2.36. The molecule has 146 valence electrons. The Balaban J connectivity index is 1.43. The van der Waals surface area contributed by atoms with Crippen molar-refractivity contribution in [3.8, 4) is 11.5 Å². The quantitative estimate of drug-likeness (QED) is 0.812. The third-order valence-electron chi connectivity index (χ3n) is 5.26. The Kier molecular flexibility index (Phi) is 6.58. The minimum atomic E-state index is -0.488. The van der Waals surface area contributed by atoms with E-state index in [9.17, 15) is 5.11 Å². The molecule has 5 nitrogen and oxygen atoms in total. The highest BCUT2D eigenvalue weighted by Gasteiger charge is 2.20. The van der Waals surface area contributed by atoms with E-state index in [2.05, 4.69) is 41.8 Å². The van der Waals surface area contributed by atoms with E-state index < -0.39 is 6.10 Å². The Labute approximate surface area is 162 Å². The van der Waals surface area contributed by atoms with Crippen LogP contribution in [0.2, 0.25) is 0 Å². The number of aliphatic hydroxyl groups excluding tert-OH is 1. The van der Waals surface area contributed by atoms with Crippen molar-refractivity contribution in [2.75, 3.05) is 51.3 Å². The molecule has 1 heterocycles. The number of ether oxygens (including phenoxy) is 2. The number of benzene rings is 2. The van der Waals surface area contributed by atoms with Gasteiger partial charge in [-0.15, -0.1) is 0 Å². The van der Waals surface area contributed by atoms with Crippen molar-refractivity contribution in [2.45, 2.75) is 20.0 Å². The Morgan fingerprint density at radius 2 is 1.70 bits per heavy atom. The number of hydrogen-bond donors (Lipinski definition) is 1. The van der Waals surface area contributed by atoms with Crippen molar-refractivity contribution in [3.05, 3.63) is 53.6 Å². The lowest BCUT2D eigenvalue weighted by molar-refractivity contribution is 0.0660. The molecular weight excluding hydrogens is 340 g/mol. The number of piperazine rings is 1. The van der Waals surface area contributed by atoms with Gasteiger partial charge in [0.2, 0.25) is 0 Å². The largest absolute Gasteiger partial charge is 0.497 e. The zero-order valence-corrected chi connectivity index (χ0v) is 16.5. The third-order valence-corrected chi connectivity index (χ3v) is 5.26. The van der Waals surface area contributed by atoms with Gasteiger partial charge < -0.3 is 19.5 Å². The number of aryl methyl sites for hydroxylation is 1. The van der Waals surface area contributed by atoms with Crippen LogP contribution >= 0.6 is 0 Å². The van der Waals surface area contributed by atoms with Crippen LogP contribution in [0.5, 0.6) is 11.5 Å². The maximum Gasteiger partial charge on any atom is 0.122 e. The van der Waals surface area contributed by atoms with E-state index in [0.29, 0.717) is 13.2 Å². The number of rotatable bonds is 7. The summed E-state index contributed by atoms with van der Waals surface area (Å²) in [6.07, 6.45) is -0.488. The second kappa shape index (κ2) is 9.11. The number of aliphatic hydroxyl groups is 1. The lowest BCUT2D eigenvalue weighted by atomic mass is 10.1. The fourth-order valence-corrected chi connectivity index (χ4v) is 3.40. The van der Waals surface area contributed by atoms with Crippen LogP contribution in [0.1, 0.15) is 11.1 Å². The Morgan fingerprint density at radius 3 is 2.37 bits per heavy atom. The van der Waals surface area contributed by atoms with Gasteiger partial charge in [0.25, 0.3) is 0 Å². The first-order valence-corrected chi connectivity index (χ1v) is 9.55. The fourth-order valence-electron chi connectivity index (χ4n) is 3.40. The minimum absolute atomic E-state index is 0.322. The van der Waals surface area contributed by atoms with Gasteiger partial charge in [-0.05, 0) is 55.3 Å². The van der Waals surface area contributed by atoms with Gasteiger partial charge in [-0.2, -0.15) is 0 Å². The number of hydrogen-bond acceptors (Lipinski definition) is 5. The van der Waals surface area contributed by atoms with Gasteiger partial charge in [-0.25, -0.2) is 0 Å². The molecule has 0 aromatic heterocycles. The molecule has 2 aromatic carbocycles. The van der Waals surface area contributed by atoms with E-state index in [-0.39, 0.29) is 0 Å². The van der Waals surface area contributed by atoms with E-state index in [4.69, 9.17) is 9.47 Å². The molecule has 0 aliphatic carbocycles. The predicted octanol–water partition coefficient (Wildman–Crippen LogP) is 2.87. The second-order valence-corrected chi connectivity index (χ2v) is 7.15. The van der Waals surface area contributed by atoms with Crippen LogP contribution in [0.4, 0.5) is 5.69 Å². The van der Waals surface area contributed by atoms with Crippen LogP contribution in [-0.4, -0.2) is 62.6 Å². The molecule has 0 unspecified atom stereocenters. The highest BCUT2D eigenvalue weighted by Crippen LogP contribution is 2.22. The van der Waals surface area contributed by atoms with Crippen LogP contribution in [0.3, 0.4) is 0 Å². The van der Waals surface area contributed by atoms with E-state index in [0.717, 1.165) is 43.2 Å². The van der Waals surface area contributed by atoms with Crippen LogP contribution in [0.15, 0.2) is 42.5 Å². The van der Waals surface area contributed by atoms with Gasteiger partial charge in [-0.3, -0.25) is 4.90 Å². The van der Waals surface area contributed by atoms with Crippen LogP contribution in [0, 0.1) is 13.8 Å². The van der Waals surface area contributed by atoms with Crippen molar-refractivity contribution >= 4 is 5.69 Å². The second-order valence-electron chi connectivity index (χ2n) is 7.15. The number of anilines is 1. The maximum atomic E-state index is 10.4. The summed E-state index contributed by atoms with van der Waals surface area (Å²) in [6.45, 7) is 8.87. The zero-order valence-electron chi connectivity index (χ0n) is 16.5. The molecule has 0 radical (unpaired) electrons. The summed E-state index contributed by atoms with van der Waals surface area (Å²) in [5, 5.41) is 10.4. The standard InChI is InChI=1S/C22H30N2O3/c1-17-5-4-6-22(18(17)2)27-16-20(25)15-23-11-13-24(14-12-23)19-7-9-21(26-3)10-8-19/h4-10,20,25H,11-16H2,1-3H3/t20-/m0/s1. The molecule has 3 rings (SSSR count). The first kappa shape index (κ1) is 19.5. The lowest BCUT2D eigenvalue weighted by Crippen LogP contribution is -2.49.